The molecular weight excluding hydrogens is 364 g/mol. The van der Waals surface area contributed by atoms with Crippen LogP contribution in [0.1, 0.15) is 23.3 Å². The average Bonchev–Trinajstić information content (AvgIpc) is 2.98. The number of hydrogen-bond donors (Lipinski definition) is 1. The quantitative estimate of drug-likeness (QED) is 0.620. The smallest absolute Gasteiger partial charge is 0.416 e. The van der Waals surface area contributed by atoms with Crippen molar-refractivity contribution in [2.75, 3.05) is 0 Å². The van der Waals surface area contributed by atoms with Crippen LogP contribution in [-0.4, -0.2) is 16.9 Å². The fourth-order valence-corrected chi connectivity index (χ4v) is 2.64. The Bertz CT molecular complexity index is 789. The molecule has 2 rings (SSSR count). The van der Waals surface area contributed by atoms with Gasteiger partial charge in [0.15, 0.2) is 0 Å². The molecule has 1 aromatic heterocycles. The SMILES string of the molecule is NC(=O)CCC(=O)OCc1scnc1-c1cc(F)cc(C(F)(F)F)c1. The molecule has 0 fully saturated rings. The van der Waals surface area contributed by atoms with E-state index in [9.17, 15) is 27.2 Å². The van der Waals surface area contributed by atoms with E-state index in [4.69, 9.17) is 10.5 Å². The molecule has 0 saturated heterocycles. The lowest BCUT2D eigenvalue weighted by molar-refractivity contribution is -0.146. The number of rotatable bonds is 6. The van der Waals surface area contributed by atoms with E-state index >= 15 is 0 Å². The van der Waals surface area contributed by atoms with Crippen molar-refractivity contribution >= 4 is 23.2 Å². The van der Waals surface area contributed by atoms with Crippen molar-refractivity contribution in [2.45, 2.75) is 25.6 Å². The third kappa shape index (κ3) is 5.24. The number of nitrogens with zero attached hydrogens (tertiary/aromatic N) is 1. The van der Waals surface area contributed by atoms with E-state index in [1.165, 1.54) is 5.51 Å². The summed E-state index contributed by atoms with van der Waals surface area (Å²) in [5.41, 5.74) is 5.14. The number of benzene rings is 1. The second kappa shape index (κ2) is 7.60. The van der Waals surface area contributed by atoms with E-state index in [0.29, 0.717) is 10.9 Å². The number of amides is 1. The van der Waals surface area contributed by atoms with Crippen molar-refractivity contribution in [1.29, 1.82) is 0 Å². The van der Waals surface area contributed by atoms with Gasteiger partial charge in [0, 0.05) is 12.0 Å². The van der Waals surface area contributed by atoms with Gasteiger partial charge in [-0.25, -0.2) is 9.37 Å². The van der Waals surface area contributed by atoms with Gasteiger partial charge in [-0.05, 0) is 18.2 Å². The highest BCUT2D eigenvalue weighted by Crippen LogP contribution is 2.34. The zero-order valence-corrected chi connectivity index (χ0v) is 13.4. The number of aromatic nitrogens is 1. The molecule has 5 nitrogen and oxygen atoms in total. The Morgan fingerprint density at radius 2 is 1.92 bits per heavy atom. The number of nitrogens with two attached hydrogens (primary N) is 1. The molecule has 2 N–H and O–H groups in total. The molecule has 1 amide bonds. The van der Waals surface area contributed by atoms with Crippen molar-refractivity contribution < 1.29 is 31.9 Å². The van der Waals surface area contributed by atoms with Gasteiger partial charge in [-0.1, -0.05) is 0 Å². The molecule has 1 heterocycles. The molecule has 0 atom stereocenters. The van der Waals surface area contributed by atoms with E-state index in [2.05, 4.69) is 4.98 Å². The molecule has 0 bridgehead atoms. The maximum atomic E-state index is 13.5. The van der Waals surface area contributed by atoms with Crippen LogP contribution in [-0.2, 0) is 27.1 Å². The highest BCUT2D eigenvalue weighted by Gasteiger charge is 2.31. The molecule has 0 radical (unpaired) electrons. The van der Waals surface area contributed by atoms with E-state index in [0.717, 1.165) is 23.5 Å². The number of ether oxygens (including phenoxy) is 1. The highest BCUT2D eigenvalue weighted by molar-refractivity contribution is 7.10. The molecule has 134 valence electrons. The molecule has 2 aromatic rings. The lowest BCUT2D eigenvalue weighted by Gasteiger charge is -2.10. The van der Waals surface area contributed by atoms with E-state index in [1.807, 2.05) is 0 Å². The van der Waals surface area contributed by atoms with Gasteiger partial charge in [0.1, 0.15) is 12.4 Å². The summed E-state index contributed by atoms with van der Waals surface area (Å²) < 4.78 is 56.9. The van der Waals surface area contributed by atoms with Gasteiger partial charge in [-0.2, -0.15) is 13.2 Å². The Hall–Kier alpha value is -2.49. The van der Waals surface area contributed by atoms with Crippen LogP contribution in [0.4, 0.5) is 17.6 Å². The number of thiazole rings is 1. The zero-order chi connectivity index (χ0) is 18.6. The Kier molecular flexibility index (Phi) is 5.73. The number of carbonyl (C=O) groups is 2. The number of hydrogen-bond acceptors (Lipinski definition) is 5. The van der Waals surface area contributed by atoms with Crippen LogP contribution in [0, 0.1) is 5.82 Å². The summed E-state index contributed by atoms with van der Waals surface area (Å²) in [6.45, 7) is -0.255. The third-order valence-corrected chi connectivity index (χ3v) is 3.89. The lowest BCUT2D eigenvalue weighted by atomic mass is 10.1. The minimum atomic E-state index is -4.70. The Labute approximate surface area is 143 Å². The molecule has 0 saturated carbocycles. The topological polar surface area (TPSA) is 82.3 Å². The standard InChI is InChI=1S/C15H12F4N2O3S/c16-10-4-8(3-9(5-10)15(17,18)19)14-11(25-7-21-14)6-24-13(23)2-1-12(20)22/h3-5,7H,1-2,6H2,(H2,20,22). The van der Waals surface area contributed by atoms with E-state index < -0.39 is 29.4 Å². The van der Waals surface area contributed by atoms with Crippen LogP contribution >= 0.6 is 11.3 Å². The number of carbonyl (C=O) groups excluding carboxylic acids is 2. The molecule has 0 spiro atoms. The van der Waals surface area contributed by atoms with Crippen LogP contribution in [0.15, 0.2) is 23.7 Å². The first-order valence-electron chi connectivity index (χ1n) is 6.91. The van der Waals surface area contributed by atoms with Gasteiger partial charge < -0.3 is 10.5 Å². The monoisotopic (exact) mass is 376 g/mol. The van der Waals surface area contributed by atoms with Gasteiger partial charge in [-0.15, -0.1) is 11.3 Å². The number of esters is 1. The van der Waals surface area contributed by atoms with E-state index in [-0.39, 0.29) is 30.7 Å². The summed E-state index contributed by atoms with van der Waals surface area (Å²) in [5.74, 6) is -2.40. The Morgan fingerprint density at radius 3 is 2.56 bits per heavy atom. The van der Waals surface area contributed by atoms with Gasteiger partial charge in [0.25, 0.3) is 0 Å². The largest absolute Gasteiger partial charge is 0.460 e. The third-order valence-electron chi connectivity index (χ3n) is 3.08. The van der Waals surface area contributed by atoms with Crippen LogP contribution in [0.5, 0.6) is 0 Å². The Morgan fingerprint density at radius 1 is 1.20 bits per heavy atom. The van der Waals surface area contributed by atoms with Crippen LogP contribution in [0.25, 0.3) is 11.3 Å². The molecule has 0 aliphatic carbocycles. The van der Waals surface area contributed by atoms with Crippen LogP contribution < -0.4 is 5.73 Å². The van der Waals surface area contributed by atoms with Crippen molar-refractivity contribution in [3.05, 3.63) is 40.0 Å². The van der Waals surface area contributed by atoms with Crippen molar-refractivity contribution in [3.8, 4) is 11.3 Å². The normalized spacial score (nSPS) is 11.4. The molecule has 0 aliphatic rings. The summed E-state index contributed by atoms with van der Waals surface area (Å²) in [5, 5.41) is 0. The fraction of sp³-hybridized carbons (Fsp3) is 0.267. The van der Waals surface area contributed by atoms with Gasteiger partial charge in [0.2, 0.25) is 5.91 Å². The number of primary amides is 1. The second-order valence-electron chi connectivity index (χ2n) is 4.98. The summed E-state index contributed by atoms with van der Waals surface area (Å²) in [6.07, 6.45) is -5.08. The predicted octanol–water partition coefficient (Wildman–Crippen LogP) is 3.28. The second-order valence-corrected chi connectivity index (χ2v) is 5.92. The van der Waals surface area contributed by atoms with Crippen molar-refractivity contribution in [1.82, 2.24) is 4.98 Å². The van der Waals surface area contributed by atoms with Crippen LogP contribution in [0.3, 0.4) is 0 Å². The van der Waals surface area contributed by atoms with Gasteiger partial charge in [0.05, 0.1) is 28.1 Å². The van der Waals surface area contributed by atoms with Crippen molar-refractivity contribution in [2.24, 2.45) is 5.73 Å². The lowest BCUT2D eigenvalue weighted by Crippen LogP contribution is -2.14. The Balaban J connectivity index is 2.18. The molecule has 0 aliphatic heterocycles. The first kappa shape index (κ1) is 18.8. The summed E-state index contributed by atoms with van der Waals surface area (Å²) in [4.78, 5) is 26.4. The molecular formula is C15H12F4N2O3S. The van der Waals surface area contributed by atoms with Crippen molar-refractivity contribution in [3.63, 3.8) is 0 Å². The fourth-order valence-electron chi connectivity index (χ4n) is 1.94. The maximum absolute atomic E-state index is 13.5. The maximum Gasteiger partial charge on any atom is 0.416 e. The molecule has 1 aromatic carbocycles. The minimum Gasteiger partial charge on any atom is -0.460 e. The summed E-state index contributed by atoms with van der Waals surface area (Å²) >= 11 is 1.05. The summed E-state index contributed by atoms with van der Waals surface area (Å²) in [7, 11) is 0. The first-order chi connectivity index (χ1) is 11.7. The van der Waals surface area contributed by atoms with Gasteiger partial charge >= 0.3 is 12.1 Å². The van der Waals surface area contributed by atoms with Crippen LogP contribution in [0.2, 0.25) is 0 Å². The summed E-state index contributed by atoms with van der Waals surface area (Å²) in [6, 6.07) is 2.08. The highest BCUT2D eigenvalue weighted by atomic mass is 32.1. The van der Waals surface area contributed by atoms with E-state index in [1.54, 1.807) is 0 Å². The number of alkyl halides is 3. The molecule has 0 unspecified atom stereocenters. The first-order valence-corrected chi connectivity index (χ1v) is 7.79. The molecule has 25 heavy (non-hydrogen) atoms. The minimum absolute atomic E-state index is 0.0724. The zero-order valence-electron chi connectivity index (χ0n) is 12.6. The molecule has 10 heteroatoms. The van der Waals surface area contributed by atoms with Gasteiger partial charge in [-0.3, -0.25) is 9.59 Å². The predicted molar refractivity (Wildman–Crippen MR) is 80.7 cm³/mol. The number of halogens is 4. The average molecular weight is 376 g/mol.